The van der Waals surface area contributed by atoms with Crippen molar-refractivity contribution >= 4 is 11.7 Å². The van der Waals surface area contributed by atoms with Gasteiger partial charge >= 0.3 is 18.0 Å². The second kappa shape index (κ2) is 5.72. The Balaban J connectivity index is 3.26. The molecule has 0 saturated carbocycles. The van der Waals surface area contributed by atoms with E-state index >= 15 is 0 Å². The van der Waals surface area contributed by atoms with Crippen LogP contribution in [0.2, 0.25) is 0 Å². The van der Waals surface area contributed by atoms with Gasteiger partial charge in [0.1, 0.15) is 0 Å². The van der Waals surface area contributed by atoms with Gasteiger partial charge in [-0.25, -0.2) is 0 Å². The SMILES string of the molecule is COC(=O)Cc1cc([N+](=O)[O-])c(OC(F)(F)F)c(C)n1. The summed E-state index contributed by atoms with van der Waals surface area (Å²) >= 11 is 0. The topological polar surface area (TPSA) is 91.6 Å². The molecule has 20 heavy (non-hydrogen) atoms. The number of hydrogen-bond donors (Lipinski definition) is 0. The maximum Gasteiger partial charge on any atom is 0.573 e. The third kappa shape index (κ3) is 4.07. The van der Waals surface area contributed by atoms with Gasteiger partial charge in [0, 0.05) is 6.07 Å². The normalized spacial score (nSPS) is 11.1. The predicted molar refractivity (Wildman–Crippen MR) is 58.0 cm³/mol. The number of halogens is 3. The van der Waals surface area contributed by atoms with Crippen molar-refractivity contribution in [2.75, 3.05) is 7.11 Å². The minimum absolute atomic E-state index is 0.0874. The Morgan fingerprint density at radius 3 is 2.55 bits per heavy atom. The van der Waals surface area contributed by atoms with Gasteiger partial charge < -0.3 is 9.47 Å². The molecule has 0 fully saturated rings. The highest BCUT2D eigenvalue weighted by molar-refractivity contribution is 5.72. The van der Waals surface area contributed by atoms with Crippen molar-refractivity contribution in [3.8, 4) is 5.75 Å². The molecular weight excluding hydrogens is 285 g/mol. The Morgan fingerprint density at radius 2 is 2.10 bits per heavy atom. The molecule has 0 N–H and O–H groups in total. The maximum atomic E-state index is 12.2. The molecule has 1 heterocycles. The summed E-state index contributed by atoms with van der Waals surface area (Å²) < 4.78 is 44.5. The second-order valence-corrected chi connectivity index (χ2v) is 3.61. The van der Waals surface area contributed by atoms with Crippen LogP contribution in [0.15, 0.2) is 6.07 Å². The van der Waals surface area contributed by atoms with Crippen LogP contribution in [0.4, 0.5) is 18.9 Å². The molecule has 10 heteroatoms. The highest BCUT2D eigenvalue weighted by Gasteiger charge is 2.36. The lowest BCUT2D eigenvalue weighted by Crippen LogP contribution is -2.19. The highest BCUT2D eigenvalue weighted by atomic mass is 19.4. The second-order valence-electron chi connectivity index (χ2n) is 3.61. The van der Waals surface area contributed by atoms with Crippen LogP contribution in [0.1, 0.15) is 11.4 Å². The molecule has 0 amide bonds. The van der Waals surface area contributed by atoms with Crippen LogP contribution in [0.5, 0.6) is 5.75 Å². The lowest BCUT2D eigenvalue weighted by molar-refractivity contribution is -0.388. The first-order chi connectivity index (χ1) is 9.14. The average Bonchev–Trinajstić information content (AvgIpc) is 2.30. The Morgan fingerprint density at radius 1 is 1.50 bits per heavy atom. The molecule has 0 aliphatic heterocycles. The predicted octanol–water partition coefficient (Wildman–Crippen LogP) is 1.91. The van der Waals surface area contributed by atoms with Gasteiger partial charge in [-0.05, 0) is 6.92 Å². The van der Waals surface area contributed by atoms with E-state index in [4.69, 9.17) is 0 Å². The summed E-state index contributed by atoms with van der Waals surface area (Å²) in [5, 5.41) is 10.8. The monoisotopic (exact) mass is 294 g/mol. The lowest BCUT2D eigenvalue weighted by atomic mass is 10.2. The first-order valence-electron chi connectivity index (χ1n) is 5.11. The highest BCUT2D eigenvalue weighted by Crippen LogP contribution is 2.34. The molecule has 1 aromatic heterocycles. The van der Waals surface area contributed by atoms with Gasteiger partial charge in [-0.3, -0.25) is 19.9 Å². The van der Waals surface area contributed by atoms with Crippen molar-refractivity contribution < 1.29 is 32.4 Å². The number of alkyl halides is 3. The minimum atomic E-state index is -5.08. The summed E-state index contributed by atoms with van der Waals surface area (Å²) in [4.78, 5) is 24.4. The summed E-state index contributed by atoms with van der Waals surface area (Å²) in [6.45, 7) is 1.11. The molecule has 0 aliphatic carbocycles. The van der Waals surface area contributed by atoms with Gasteiger partial charge in [-0.15, -0.1) is 13.2 Å². The van der Waals surface area contributed by atoms with E-state index in [1.165, 1.54) is 0 Å². The molecule has 110 valence electrons. The van der Waals surface area contributed by atoms with Crippen LogP contribution >= 0.6 is 0 Å². The van der Waals surface area contributed by atoms with E-state index in [0.29, 0.717) is 0 Å². The van der Waals surface area contributed by atoms with E-state index in [1.807, 2.05) is 0 Å². The van der Waals surface area contributed by atoms with Crippen LogP contribution in [0.3, 0.4) is 0 Å². The third-order valence-corrected chi connectivity index (χ3v) is 2.14. The van der Waals surface area contributed by atoms with E-state index in [2.05, 4.69) is 14.5 Å². The lowest BCUT2D eigenvalue weighted by Gasteiger charge is -2.12. The maximum absolute atomic E-state index is 12.2. The molecule has 0 aliphatic rings. The number of carbonyl (C=O) groups is 1. The summed E-state index contributed by atoms with van der Waals surface area (Å²) in [6, 6.07) is 0.741. The Labute approximate surface area is 110 Å². The molecule has 0 unspecified atom stereocenters. The number of methoxy groups -OCH3 is 1. The number of aryl methyl sites for hydroxylation is 1. The van der Waals surface area contributed by atoms with Crippen molar-refractivity contribution in [2.24, 2.45) is 0 Å². The number of carbonyl (C=O) groups excluding carboxylic acids is 1. The van der Waals surface area contributed by atoms with E-state index in [-0.39, 0.29) is 11.4 Å². The Hall–Kier alpha value is -2.39. The zero-order chi connectivity index (χ0) is 15.5. The van der Waals surface area contributed by atoms with Crippen LogP contribution in [0, 0.1) is 17.0 Å². The molecule has 0 saturated heterocycles. The fraction of sp³-hybridized carbons (Fsp3) is 0.400. The number of pyridine rings is 1. The largest absolute Gasteiger partial charge is 0.573 e. The number of nitro groups is 1. The van der Waals surface area contributed by atoms with Crippen molar-refractivity contribution in [1.29, 1.82) is 0 Å². The number of ether oxygens (including phenoxy) is 2. The number of hydrogen-bond acceptors (Lipinski definition) is 6. The van der Waals surface area contributed by atoms with Gasteiger partial charge in [-0.1, -0.05) is 0 Å². The van der Waals surface area contributed by atoms with Crippen molar-refractivity contribution in [2.45, 2.75) is 19.7 Å². The summed E-state index contributed by atoms with van der Waals surface area (Å²) in [6.07, 6.45) is -5.48. The first-order valence-corrected chi connectivity index (χ1v) is 5.11. The van der Waals surface area contributed by atoms with E-state index in [9.17, 15) is 28.1 Å². The van der Waals surface area contributed by atoms with E-state index < -0.39 is 35.1 Å². The van der Waals surface area contributed by atoms with Crippen LogP contribution in [-0.2, 0) is 16.0 Å². The standard InChI is InChI=1S/C10H9F3N2O5/c1-5-9(20-10(11,12)13)7(15(17)18)3-6(14-5)4-8(16)19-2/h3H,4H2,1-2H3. The Bertz CT molecular complexity index is 544. The van der Waals surface area contributed by atoms with Gasteiger partial charge in [-0.2, -0.15) is 0 Å². The van der Waals surface area contributed by atoms with E-state index in [0.717, 1.165) is 20.1 Å². The minimum Gasteiger partial charge on any atom is -0.469 e. The summed E-state index contributed by atoms with van der Waals surface area (Å²) in [7, 11) is 1.10. The number of aromatic nitrogens is 1. The molecule has 1 rings (SSSR count). The summed E-state index contributed by atoms with van der Waals surface area (Å²) in [5.41, 5.74) is -1.36. The average molecular weight is 294 g/mol. The van der Waals surface area contributed by atoms with E-state index in [1.54, 1.807) is 0 Å². The number of nitrogens with zero attached hydrogens (tertiary/aromatic N) is 2. The quantitative estimate of drug-likeness (QED) is 0.478. The van der Waals surface area contributed by atoms with Crippen molar-refractivity contribution in [1.82, 2.24) is 4.98 Å². The van der Waals surface area contributed by atoms with Gasteiger partial charge in [0.25, 0.3) is 0 Å². The zero-order valence-corrected chi connectivity index (χ0v) is 10.4. The molecule has 0 aromatic carbocycles. The smallest absolute Gasteiger partial charge is 0.469 e. The van der Waals surface area contributed by atoms with Crippen molar-refractivity contribution in [3.05, 3.63) is 27.6 Å². The zero-order valence-electron chi connectivity index (χ0n) is 10.4. The first kappa shape index (κ1) is 15.7. The molecular formula is C10H9F3N2O5. The van der Waals surface area contributed by atoms with Crippen LogP contribution in [0.25, 0.3) is 0 Å². The molecule has 7 nitrogen and oxygen atoms in total. The van der Waals surface area contributed by atoms with Crippen LogP contribution < -0.4 is 4.74 Å². The molecule has 1 aromatic rings. The molecule has 0 atom stereocenters. The van der Waals surface area contributed by atoms with Crippen molar-refractivity contribution in [3.63, 3.8) is 0 Å². The van der Waals surface area contributed by atoms with Gasteiger partial charge in [0.05, 0.1) is 29.8 Å². The fourth-order valence-electron chi connectivity index (χ4n) is 1.40. The summed E-state index contributed by atoms with van der Waals surface area (Å²) in [5.74, 6) is -1.73. The fourth-order valence-corrected chi connectivity index (χ4v) is 1.40. The molecule has 0 radical (unpaired) electrons. The number of rotatable bonds is 4. The van der Waals surface area contributed by atoms with Gasteiger partial charge in [0.15, 0.2) is 0 Å². The molecule has 0 spiro atoms. The van der Waals surface area contributed by atoms with Crippen LogP contribution in [-0.4, -0.2) is 29.3 Å². The molecule has 0 bridgehead atoms. The van der Waals surface area contributed by atoms with Gasteiger partial charge in [0.2, 0.25) is 5.75 Å². The number of esters is 1. The Kier molecular flexibility index (Phi) is 4.48. The third-order valence-electron chi connectivity index (χ3n) is 2.14.